The first-order chi connectivity index (χ1) is 14.4. The Labute approximate surface area is 192 Å². The molecule has 9 atom stereocenters. The zero-order valence-corrected chi connectivity index (χ0v) is 20.6. The summed E-state index contributed by atoms with van der Waals surface area (Å²) in [7, 11) is -3.04. The van der Waals surface area contributed by atoms with Gasteiger partial charge in [-0.05, 0) is 39.0 Å². The van der Waals surface area contributed by atoms with Gasteiger partial charge in [0.15, 0.2) is 0 Å². The van der Waals surface area contributed by atoms with E-state index in [4.69, 9.17) is 26.1 Å². The summed E-state index contributed by atoms with van der Waals surface area (Å²) in [5, 5.41) is 23.4. The van der Waals surface area contributed by atoms with Gasteiger partial charge in [-0.2, -0.15) is 0 Å². The molecule has 2 saturated heterocycles. The van der Waals surface area contributed by atoms with Crippen LogP contribution in [0.3, 0.4) is 0 Å². The van der Waals surface area contributed by atoms with Crippen LogP contribution in [0.4, 0.5) is 0 Å². The number of carbonyl (C=O) groups is 1. The van der Waals surface area contributed by atoms with Gasteiger partial charge in [0.05, 0.1) is 17.5 Å². The van der Waals surface area contributed by atoms with Gasteiger partial charge in [0, 0.05) is 6.54 Å². The predicted molar refractivity (Wildman–Crippen MR) is 118 cm³/mol. The van der Waals surface area contributed by atoms with Crippen LogP contribution >= 0.6 is 31.2 Å². The minimum atomic E-state index is -4.93. The highest BCUT2D eigenvalue weighted by Gasteiger charge is 2.51. The van der Waals surface area contributed by atoms with Gasteiger partial charge in [-0.25, -0.2) is 4.57 Å². The molecular weight excluding hydrogens is 471 g/mol. The molecule has 10 nitrogen and oxygen atoms in total. The molecule has 2 aliphatic heterocycles. The predicted octanol–water partition coefficient (Wildman–Crippen LogP) is 0.506. The Balaban J connectivity index is 2.15. The number of likely N-dealkylation sites (N-methyl/N-ethyl adjacent to an activating group) is 1. The summed E-state index contributed by atoms with van der Waals surface area (Å²) in [6.07, 6.45) is -1.37. The molecule has 5 N–H and O–H groups in total. The highest BCUT2D eigenvalue weighted by atomic mass is 35.5. The number of carbonyl (C=O) groups excluding carboxylic acids is 1. The Morgan fingerprint density at radius 1 is 1.39 bits per heavy atom. The number of phosphoric ester groups is 1. The lowest BCUT2D eigenvalue weighted by molar-refractivity contribution is -0.201. The molecule has 2 heterocycles. The molecule has 0 aliphatic carbocycles. The van der Waals surface area contributed by atoms with Crippen LogP contribution < -0.4 is 5.32 Å². The van der Waals surface area contributed by atoms with Crippen LogP contribution in [0.25, 0.3) is 0 Å². The van der Waals surface area contributed by atoms with Gasteiger partial charge in [0.25, 0.3) is 0 Å². The molecule has 2 rings (SSSR count). The van der Waals surface area contributed by atoms with Crippen molar-refractivity contribution in [1.82, 2.24) is 10.2 Å². The fourth-order valence-corrected chi connectivity index (χ4v) is 5.93. The van der Waals surface area contributed by atoms with Crippen LogP contribution in [0, 0.1) is 5.92 Å². The van der Waals surface area contributed by atoms with Crippen molar-refractivity contribution in [2.24, 2.45) is 5.92 Å². The van der Waals surface area contributed by atoms with Crippen LogP contribution in [0.2, 0.25) is 0 Å². The van der Waals surface area contributed by atoms with E-state index < -0.39 is 49.1 Å². The number of aliphatic hydroxyl groups excluding tert-OH is 2. The van der Waals surface area contributed by atoms with E-state index in [1.54, 1.807) is 13.2 Å². The van der Waals surface area contributed by atoms with Gasteiger partial charge < -0.3 is 30.1 Å². The van der Waals surface area contributed by atoms with Crippen molar-refractivity contribution >= 4 is 37.1 Å². The number of nitrogens with one attached hydrogen (secondary N) is 1. The Kier molecular flexibility index (Phi) is 10.1. The molecule has 0 aromatic rings. The molecule has 2 aliphatic rings. The van der Waals surface area contributed by atoms with Gasteiger partial charge in [0.2, 0.25) is 5.91 Å². The Hall–Kier alpha value is 0.0600. The first kappa shape index (κ1) is 27.3. The molecule has 0 bridgehead atoms. The van der Waals surface area contributed by atoms with E-state index in [1.165, 1.54) is 0 Å². The topological polar surface area (TPSA) is 149 Å². The zero-order chi connectivity index (χ0) is 23.5. The van der Waals surface area contributed by atoms with Gasteiger partial charge >= 0.3 is 7.82 Å². The molecule has 0 aromatic heterocycles. The van der Waals surface area contributed by atoms with Crippen LogP contribution in [0.15, 0.2) is 0 Å². The monoisotopic (exact) mass is 504 g/mol. The summed E-state index contributed by atoms with van der Waals surface area (Å²) >= 11 is 7.38. The summed E-state index contributed by atoms with van der Waals surface area (Å²) in [4.78, 5) is 33.3. The van der Waals surface area contributed by atoms with Gasteiger partial charge in [-0.1, -0.05) is 13.3 Å². The van der Waals surface area contributed by atoms with Crippen molar-refractivity contribution in [2.75, 3.05) is 19.8 Å². The highest BCUT2D eigenvalue weighted by molar-refractivity contribution is 7.99. The standard InChI is InChI=1S/C18H34ClN2O8PS/c1-5-6-10-7-11(21(3)8-10)17(24)20-12(9(2)19)15-13(22)14(23)16(18(28-15)31-4)29-30(25,26)27/h9-16,18,22-23H,5-8H2,1-4H3,(H,20,24)(H2,25,26,27)/t9-,10-,11+,12-,13-,14+,15+,16-,18-/m1/s1. The molecular formula is C18H34ClN2O8PS. The summed E-state index contributed by atoms with van der Waals surface area (Å²) in [6.45, 7) is 4.57. The highest BCUT2D eigenvalue weighted by Crippen LogP contribution is 2.43. The van der Waals surface area contributed by atoms with Gasteiger partial charge in [0.1, 0.15) is 29.9 Å². The number of hydrogen-bond acceptors (Lipinski definition) is 8. The SMILES string of the molecule is CCC[C@@H]1C[C@@H](C(=O)N[C@@H]([C@@H]2O[C@H](SC)[C@H](OP(=O)(O)O)[C@@H](O)[C@H]2O)[C@@H](C)Cl)N(C)C1. The number of phosphoric acid groups is 1. The number of thioether (sulfide) groups is 1. The lowest BCUT2D eigenvalue weighted by atomic mass is 9.92. The molecule has 0 saturated carbocycles. The fraction of sp³-hybridized carbons (Fsp3) is 0.944. The molecule has 1 amide bonds. The lowest BCUT2D eigenvalue weighted by Crippen LogP contribution is -2.65. The molecule has 13 heteroatoms. The molecule has 31 heavy (non-hydrogen) atoms. The molecule has 0 aromatic carbocycles. The van der Waals surface area contributed by atoms with Crippen molar-refractivity contribution in [3.8, 4) is 0 Å². The van der Waals surface area contributed by atoms with Crippen molar-refractivity contribution < 1.29 is 38.6 Å². The first-order valence-corrected chi connectivity index (χ1v) is 13.6. The number of amides is 1. The Morgan fingerprint density at radius 2 is 2.03 bits per heavy atom. The smallest absolute Gasteiger partial charge is 0.388 e. The number of ether oxygens (including phenoxy) is 1. The molecule has 0 unspecified atom stereocenters. The van der Waals surface area contributed by atoms with Crippen molar-refractivity contribution in [2.45, 2.75) is 80.4 Å². The number of nitrogens with zero attached hydrogens (tertiary/aromatic N) is 1. The van der Waals surface area contributed by atoms with E-state index in [-0.39, 0.29) is 11.9 Å². The third-order valence-electron chi connectivity index (χ3n) is 5.87. The maximum Gasteiger partial charge on any atom is 0.470 e. The zero-order valence-electron chi connectivity index (χ0n) is 18.1. The third-order valence-corrected chi connectivity index (χ3v) is 7.50. The van der Waals surface area contributed by atoms with E-state index in [0.29, 0.717) is 5.92 Å². The lowest BCUT2D eigenvalue weighted by Gasteiger charge is -2.45. The van der Waals surface area contributed by atoms with Crippen molar-refractivity contribution in [3.63, 3.8) is 0 Å². The summed E-state index contributed by atoms with van der Waals surface area (Å²) < 4.78 is 21.7. The second-order valence-electron chi connectivity index (χ2n) is 8.30. The second-order valence-corrected chi connectivity index (χ2v) is 11.1. The third kappa shape index (κ3) is 7.02. The number of aliphatic hydroxyl groups is 2. The number of rotatable bonds is 9. The van der Waals surface area contributed by atoms with E-state index in [9.17, 15) is 19.6 Å². The largest absolute Gasteiger partial charge is 0.470 e. The first-order valence-electron chi connectivity index (χ1n) is 10.3. The van der Waals surface area contributed by atoms with Crippen LogP contribution in [-0.2, 0) is 18.6 Å². The van der Waals surface area contributed by atoms with Crippen LogP contribution in [0.1, 0.15) is 33.1 Å². The van der Waals surface area contributed by atoms with Crippen molar-refractivity contribution in [3.05, 3.63) is 0 Å². The number of likely N-dealkylation sites (tertiary alicyclic amines) is 1. The number of alkyl halides is 1. The molecule has 182 valence electrons. The van der Waals surface area contributed by atoms with Gasteiger partial charge in [-0.15, -0.1) is 23.4 Å². The maximum atomic E-state index is 13.0. The van der Waals surface area contributed by atoms with Crippen LogP contribution in [-0.4, -0.2) is 98.0 Å². The normalized spacial score (nSPS) is 36.9. The van der Waals surface area contributed by atoms with E-state index in [2.05, 4.69) is 16.8 Å². The molecule has 0 radical (unpaired) electrons. The second kappa shape index (κ2) is 11.5. The average molecular weight is 505 g/mol. The van der Waals surface area contributed by atoms with Crippen LogP contribution in [0.5, 0.6) is 0 Å². The Morgan fingerprint density at radius 3 is 2.55 bits per heavy atom. The molecule has 0 spiro atoms. The van der Waals surface area contributed by atoms with Crippen molar-refractivity contribution in [1.29, 1.82) is 0 Å². The fourth-order valence-electron chi connectivity index (χ4n) is 4.37. The minimum Gasteiger partial charge on any atom is -0.388 e. The summed E-state index contributed by atoms with van der Waals surface area (Å²) in [6, 6.07) is -1.18. The quantitative estimate of drug-likeness (QED) is 0.222. The van der Waals surface area contributed by atoms with E-state index in [1.807, 2.05) is 11.9 Å². The van der Waals surface area contributed by atoms with E-state index >= 15 is 0 Å². The minimum absolute atomic E-state index is 0.238. The summed E-state index contributed by atoms with van der Waals surface area (Å²) in [5.41, 5.74) is -0.992. The molecule has 2 fully saturated rings. The number of halogens is 1. The maximum absolute atomic E-state index is 13.0. The van der Waals surface area contributed by atoms with Gasteiger partial charge in [-0.3, -0.25) is 14.2 Å². The average Bonchev–Trinajstić information content (AvgIpc) is 3.03. The van der Waals surface area contributed by atoms with E-state index in [0.717, 1.165) is 37.6 Å². The summed E-state index contributed by atoms with van der Waals surface area (Å²) in [5.74, 6) is 0.195. The number of hydrogen-bond donors (Lipinski definition) is 5. The Bertz CT molecular complexity index is 654.